The third-order valence-corrected chi connectivity index (χ3v) is 3.61. The number of benzene rings is 1. The van der Waals surface area contributed by atoms with Gasteiger partial charge in [0.15, 0.2) is 6.61 Å². The SMILES string of the molecule is CCOC(=O)NC(=O)COC(=O)c1cc([N+](=O)[O-])ccc1N1CCOCC1. The Labute approximate surface area is 154 Å². The largest absolute Gasteiger partial charge is 0.452 e. The van der Waals surface area contributed by atoms with Gasteiger partial charge in [-0.1, -0.05) is 0 Å². The molecule has 27 heavy (non-hydrogen) atoms. The number of esters is 1. The van der Waals surface area contributed by atoms with Crippen LogP contribution in [0.4, 0.5) is 16.2 Å². The van der Waals surface area contributed by atoms with E-state index in [0.717, 1.165) is 6.07 Å². The van der Waals surface area contributed by atoms with Gasteiger partial charge in [0, 0.05) is 25.2 Å². The van der Waals surface area contributed by atoms with Gasteiger partial charge in [-0.05, 0) is 13.0 Å². The van der Waals surface area contributed by atoms with E-state index in [1.165, 1.54) is 12.1 Å². The van der Waals surface area contributed by atoms with Crippen molar-refractivity contribution in [3.63, 3.8) is 0 Å². The lowest BCUT2D eigenvalue weighted by molar-refractivity contribution is -0.384. The van der Waals surface area contributed by atoms with E-state index < -0.39 is 29.5 Å². The number of nitrogens with zero attached hydrogens (tertiary/aromatic N) is 2. The number of nitro benzene ring substituents is 1. The van der Waals surface area contributed by atoms with Crippen LogP contribution in [0.2, 0.25) is 0 Å². The number of carbonyl (C=O) groups is 3. The molecule has 1 N–H and O–H groups in total. The molecular weight excluding hydrogens is 362 g/mol. The van der Waals surface area contributed by atoms with Crippen LogP contribution < -0.4 is 10.2 Å². The van der Waals surface area contributed by atoms with E-state index in [1.807, 2.05) is 10.2 Å². The molecule has 0 saturated carbocycles. The second-order valence-corrected chi connectivity index (χ2v) is 5.40. The highest BCUT2D eigenvalue weighted by atomic mass is 16.6. The Morgan fingerprint density at radius 3 is 2.59 bits per heavy atom. The molecule has 1 heterocycles. The van der Waals surface area contributed by atoms with Gasteiger partial charge < -0.3 is 19.1 Å². The highest BCUT2D eigenvalue weighted by Gasteiger charge is 2.23. The molecule has 1 aliphatic heterocycles. The first-order chi connectivity index (χ1) is 12.9. The van der Waals surface area contributed by atoms with E-state index in [-0.39, 0.29) is 17.9 Å². The Morgan fingerprint density at radius 1 is 1.26 bits per heavy atom. The summed E-state index contributed by atoms with van der Waals surface area (Å²) in [7, 11) is 0. The Bertz CT molecular complexity index is 730. The number of rotatable bonds is 6. The molecule has 11 heteroatoms. The number of amides is 2. The number of hydrogen-bond donors (Lipinski definition) is 1. The number of non-ortho nitro benzene ring substituents is 1. The molecule has 0 bridgehead atoms. The molecule has 11 nitrogen and oxygen atoms in total. The van der Waals surface area contributed by atoms with Gasteiger partial charge >= 0.3 is 12.1 Å². The van der Waals surface area contributed by atoms with Crippen LogP contribution in [-0.2, 0) is 19.0 Å². The molecule has 0 spiro atoms. The summed E-state index contributed by atoms with van der Waals surface area (Å²) in [6.45, 7) is 2.82. The summed E-state index contributed by atoms with van der Waals surface area (Å²) in [5.41, 5.74) is 0.115. The molecule has 0 unspecified atom stereocenters. The summed E-state index contributed by atoms with van der Waals surface area (Å²) in [5.74, 6) is -1.79. The minimum Gasteiger partial charge on any atom is -0.452 e. The fraction of sp³-hybridized carbons (Fsp3) is 0.438. The number of imide groups is 1. The Morgan fingerprint density at radius 2 is 1.96 bits per heavy atom. The second kappa shape index (κ2) is 9.48. The van der Waals surface area contributed by atoms with Gasteiger partial charge in [0.2, 0.25) is 0 Å². The fourth-order valence-electron chi connectivity index (χ4n) is 2.41. The summed E-state index contributed by atoms with van der Waals surface area (Å²) in [5, 5.41) is 12.9. The molecule has 0 aromatic heterocycles. The maximum atomic E-state index is 12.4. The molecule has 2 rings (SSSR count). The first kappa shape index (κ1) is 20.1. The van der Waals surface area contributed by atoms with Crippen LogP contribution in [-0.4, -0.2) is 62.4 Å². The van der Waals surface area contributed by atoms with Gasteiger partial charge in [0.05, 0.1) is 36.0 Å². The fourth-order valence-corrected chi connectivity index (χ4v) is 2.41. The molecule has 1 fully saturated rings. The van der Waals surface area contributed by atoms with Crippen molar-refractivity contribution in [2.75, 3.05) is 44.4 Å². The molecule has 1 aromatic carbocycles. The summed E-state index contributed by atoms with van der Waals surface area (Å²) in [6.07, 6.45) is -0.956. The highest BCUT2D eigenvalue weighted by Crippen LogP contribution is 2.27. The number of morpholine rings is 1. The van der Waals surface area contributed by atoms with Crippen molar-refractivity contribution in [1.82, 2.24) is 5.32 Å². The van der Waals surface area contributed by atoms with Gasteiger partial charge in [-0.2, -0.15) is 0 Å². The minimum absolute atomic E-state index is 0.0463. The molecule has 2 amide bonds. The van der Waals surface area contributed by atoms with Crippen LogP contribution in [0.1, 0.15) is 17.3 Å². The predicted octanol–water partition coefficient (Wildman–Crippen LogP) is 0.861. The summed E-state index contributed by atoms with van der Waals surface area (Å²) >= 11 is 0. The molecule has 146 valence electrons. The minimum atomic E-state index is -0.956. The Hall–Kier alpha value is -3.21. The maximum Gasteiger partial charge on any atom is 0.413 e. The van der Waals surface area contributed by atoms with E-state index in [2.05, 4.69) is 4.74 Å². The third kappa shape index (κ3) is 5.64. The van der Waals surface area contributed by atoms with Crippen molar-refractivity contribution in [2.45, 2.75) is 6.92 Å². The Balaban J connectivity index is 2.12. The second-order valence-electron chi connectivity index (χ2n) is 5.40. The molecule has 1 saturated heterocycles. The van der Waals surface area contributed by atoms with Crippen LogP contribution in [0, 0.1) is 10.1 Å². The van der Waals surface area contributed by atoms with Crippen molar-refractivity contribution < 1.29 is 33.5 Å². The zero-order valence-corrected chi connectivity index (χ0v) is 14.6. The topological polar surface area (TPSA) is 137 Å². The standard InChI is InChI=1S/C16H19N3O8/c1-2-26-16(22)17-14(20)10-27-15(21)12-9-11(19(23)24)3-4-13(12)18-5-7-25-8-6-18/h3-4,9H,2,5-8,10H2,1H3,(H,17,20,22). The van der Waals surface area contributed by atoms with Gasteiger partial charge in [-0.25, -0.2) is 9.59 Å². The number of nitrogens with one attached hydrogen (secondary N) is 1. The Kier molecular flexibility index (Phi) is 7.06. The van der Waals surface area contributed by atoms with E-state index in [1.54, 1.807) is 6.92 Å². The van der Waals surface area contributed by atoms with Crippen LogP contribution >= 0.6 is 0 Å². The highest BCUT2D eigenvalue weighted by molar-refractivity contribution is 5.99. The maximum absolute atomic E-state index is 12.4. The van der Waals surface area contributed by atoms with Crippen LogP contribution in [0.5, 0.6) is 0 Å². The monoisotopic (exact) mass is 381 g/mol. The average Bonchev–Trinajstić information content (AvgIpc) is 2.66. The van der Waals surface area contributed by atoms with Crippen molar-refractivity contribution in [2.24, 2.45) is 0 Å². The van der Waals surface area contributed by atoms with E-state index in [4.69, 9.17) is 9.47 Å². The van der Waals surface area contributed by atoms with E-state index in [9.17, 15) is 24.5 Å². The van der Waals surface area contributed by atoms with Crippen molar-refractivity contribution in [3.8, 4) is 0 Å². The molecule has 0 radical (unpaired) electrons. The predicted molar refractivity (Wildman–Crippen MR) is 91.6 cm³/mol. The lowest BCUT2D eigenvalue weighted by atomic mass is 10.1. The van der Waals surface area contributed by atoms with Crippen molar-refractivity contribution in [3.05, 3.63) is 33.9 Å². The summed E-state index contributed by atoms with van der Waals surface area (Å²) < 4.78 is 14.7. The molecule has 1 aromatic rings. The first-order valence-electron chi connectivity index (χ1n) is 8.17. The quantitative estimate of drug-likeness (QED) is 0.432. The van der Waals surface area contributed by atoms with Gasteiger partial charge in [-0.15, -0.1) is 0 Å². The number of hydrogen-bond acceptors (Lipinski definition) is 9. The van der Waals surface area contributed by atoms with Crippen LogP contribution in [0.25, 0.3) is 0 Å². The van der Waals surface area contributed by atoms with Crippen LogP contribution in [0.15, 0.2) is 18.2 Å². The molecule has 1 aliphatic rings. The normalized spacial score (nSPS) is 13.6. The molecule has 0 atom stereocenters. The molecular formula is C16H19N3O8. The van der Waals surface area contributed by atoms with Crippen molar-refractivity contribution in [1.29, 1.82) is 0 Å². The van der Waals surface area contributed by atoms with Gasteiger partial charge in [-0.3, -0.25) is 20.2 Å². The number of alkyl carbamates (subject to hydrolysis) is 1. The van der Waals surface area contributed by atoms with Gasteiger partial charge in [0.25, 0.3) is 11.6 Å². The number of ether oxygens (including phenoxy) is 3. The zero-order chi connectivity index (χ0) is 19.8. The number of anilines is 1. The third-order valence-electron chi connectivity index (χ3n) is 3.61. The lowest BCUT2D eigenvalue weighted by Crippen LogP contribution is -2.37. The first-order valence-corrected chi connectivity index (χ1v) is 8.17. The summed E-state index contributed by atoms with van der Waals surface area (Å²) in [4.78, 5) is 47.4. The van der Waals surface area contributed by atoms with Gasteiger partial charge in [0.1, 0.15) is 0 Å². The van der Waals surface area contributed by atoms with E-state index >= 15 is 0 Å². The van der Waals surface area contributed by atoms with E-state index in [0.29, 0.717) is 32.0 Å². The van der Waals surface area contributed by atoms with Crippen LogP contribution in [0.3, 0.4) is 0 Å². The molecule has 0 aliphatic carbocycles. The van der Waals surface area contributed by atoms with Crippen molar-refractivity contribution >= 4 is 29.3 Å². The lowest BCUT2D eigenvalue weighted by Gasteiger charge is -2.30. The number of carbonyl (C=O) groups excluding carboxylic acids is 3. The zero-order valence-electron chi connectivity index (χ0n) is 14.6. The summed E-state index contributed by atoms with van der Waals surface area (Å²) in [6, 6.07) is 3.84. The average molecular weight is 381 g/mol. The number of nitro groups is 1. The smallest absolute Gasteiger partial charge is 0.413 e.